The van der Waals surface area contributed by atoms with E-state index in [0.29, 0.717) is 12.3 Å². The summed E-state index contributed by atoms with van der Waals surface area (Å²) < 4.78 is 5.16. The zero-order valence-electron chi connectivity index (χ0n) is 15.2. The zero-order chi connectivity index (χ0) is 18.4. The van der Waals surface area contributed by atoms with E-state index in [2.05, 4.69) is 10.6 Å². The number of benzene rings is 1. The van der Waals surface area contributed by atoms with E-state index in [-0.39, 0.29) is 24.9 Å². The summed E-state index contributed by atoms with van der Waals surface area (Å²) in [6.07, 6.45) is 1.57. The van der Waals surface area contributed by atoms with Gasteiger partial charge in [-0.3, -0.25) is 9.59 Å². The third-order valence-corrected chi connectivity index (χ3v) is 3.91. The Hall–Kier alpha value is -2.60. The lowest BCUT2D eigenvalue weighted by molar-refractivity contribution is -0.862. The summed E-state index contributed by atoms with van der Waals surface area (Å²) in [5.74, 6) is 0.477. The third kappa shape index (κ3) is 5.76. The predicted octanol–water partition coefficient (Wildman–Crippen LogP) is 0.974. The average Bonchev–Trinajstić information content (AvgIpc) is 3.02. The van der Waals surface area contributed by atoms with E-state index in [1.807, 2.05) is 40.0 Å². The quantitative estimate of drug-likeness (QED) is 0.701. The van der Waals surface area contributed by atoms with Gasteiger partial charge in [0, 0.05) is 5.69 Å². The van der Waals surface area contributed by atoms with Crippen LogP contribution in [-0.2, 0) is 16.1 Å². The number of hydrogen-bond donors (Lipinski definition) is 3. The standard InChI is InChI=1S/C19H25N3O3/c1-13-8-14(2)19(15(3)9-13)21-18(24)12-22(4)11-17(23)20-10-16-6-5-7-25-16/h5-9H,10-12H2,1-4H3,(H,20,23)(H,21,24)/p+1. The van der Waals surface area contributed by atoms with Gasteiger partial charge < -0.3 is 20.0 Å². The van der Waals surface area contributed by atoms with Crippen LogP contribution in [0.1, 0.15) is 22.5 Å². The second-order valence-electron chi connectivity index (χ2n) is 6.49. The van der Waals surface area contributed by atoms with Crippen molar-refractivity contribution in [2.45, 2.75) is 27.3 Å². The van der Waals surface area contributed by atoms with Crippen LogP contribution in [0.4, 0.5) is 5.69 Å². The van der Waals surface area contributed by atoms with Crippen molar-refractivity contribution in [2.24, 2.45) is 0 Å². The Kier molecular flexibility index (Phi) is 6.36. The molecule has 0 saturated carbocycles. The smallest absolute Gasteiger partial charge is 0.279 e. The number of carbonyl (C=O) groups excluding carboxylic acids is 2. The van der Waals surface area contributed by atoms with Crippen molar-refractivity contribution in [3.05, 3.63) is 53.0 Å². The first-order valence-electron chi connectivity index (χ1n) is 8.33. The second kappa shape index (κ2) is 8.48. The number of hydrogen-bond acceptors (Lipinski definition) is 3. The van der Waals surface area contributed by atoms with Crippen LogP contribution in [0.5, 0.6) is 0 Å². The van der Waals surface area contributed by atoms with Gasteiger partial charge in [0.15, 0.2) is 13.1 Å². The SMILES string of the molecule is Cc1cc(C)c(NC(=O)C[NH+](C)CC(=O)NCc2ccco2)c(C)c1. The molecule has 2 rings (SSSR count). The number of rotatable bonds is 7. The molecular weight excluding hydrogens is 318 g/mol. The van der Waals surface area contributed by atoms with Gasteiger partial charge in [-0.05, 0) is 44.0 Å². The molecular formula is C19H26N3O3+. The Balaban J connectivity index is 1.80. The highest BCUT2D eigenvalue weighted by molar-refractivity contribution is 5.93. The van der Waals surface area contributed by atoms with Crippen molar-refractivity contribution in [2.75, 3.05) is 25.5 Å². The molecule has 1 heterocycles. The molecule has 0 aliphatic heterocycles. The number of quaternary nitrogens is 1. The molecule has 0 bridgehead atoms. The summed E-state index contributed by atoms with van der Waals surface area (Å²) in [6, 6.07) is 7.66. The van der Waals surface area contributed by atoms with Crippen LogP contribution in [0, 0.1) is 20.8 Å². The number of likely N-dealkylation sites (N-methyl/N-ethyl adjacent to an activating group) is 1. The fourth-order valence-corrected chi connectivity index (χ4v) is 2.83. The number of amides is 2. The first-order chi connectivity index (χ1) is 11.8. The lowest BCUT2D eigenvalue weighted by atomic mass is 10.1. The van der Waals surface area contributed by atoms with Crippen LogP contribution in [0.15, 0.2) is 34.9 Å². The van der Waals surface area contributed by atoms with E-state index in [0.717, 1.165) is 21.7 Å². The molecule has 134 valence electrons. The Morgan fingerprint density at radius 2 is 1.72 bits per heavy atom. The average molecular weight is 344 g/mol. The van der Waals surface area contributed by atoms with Crippen LogP contribution in [-0.4, -0.2) is 32.0 Å². The van der Waals surface area contributed by atoms with E-state index in [1.165, 1.54) is 5.56 Å². The molecule has 2 amide bonds. The summed E-state index contributed by atoms with van der Waals surface area (Å²) in [4.78, 5) is 25.0. The lowest BCUT2D eigenvalue weighted by Crippen LogP contribution is -3.11. The van der Waals surface area contributed by atoms with E-state index < -0.39 is 0 Å². The van der Waals surface area contributed by atoms with Crippen molar-refractivity contribution in [1.29, 1.82) is 0 Å². The van der Waals surface area contributed by atoms with Crippen LogP contribution in [0.2, 0.25) is 0 Å². The summed E-state index contributed by atoms with van der Waals surface area (Å²) in [5, 5.41) is 5.74. The first-order valence-corrected chi connectivity index (χ1v) is 8.33. The van der Waals surface area contributed by atoms with Crippen LogP contribution < -0.4 is 15.5 Å². The highest BCUT2D eigenvalue weighted by atomic mass is 16.3. The van der Waals surface area contributed by atoms with Crippen molar-refractivity contribution in [1.82, 2.24) is 5.32 Å². The molecule has 1 aromatic carbocycles. The maximum absolute atomic E-state index is 12.3. The topological polar surface area (TPSA) is 75.8 Å². The van der Waals surface area contributed by atoms with E-state index in [4.69, 9.17) is 4.42 Å². The van der Waals surface area contributed by atoms with Gasteiger partial charge in [0.1, 0.15) is 5.76 Å². The Bertz CT molecular complexity index is 715. The minimum atomic E-state index is -0.121. The number of anilines is 1. The Labute approximate surface area is 148 Å². The highest BCUT2D eigenvalue weighted by Gasteiger charge is 2.16. The molecule has 6 nitrogen and oxygen atoms in total. The molecule has 3 N–H and O–H groups in total. The normalized spacial score (nSPS) is 11.8. The minimum Gasteiger partial charge on any atom is -0.467 e. The summed E-state index contributed by atoms with van der Waals surface area (Å²) in [7, 11) is 1.82. The first kappa shape index (κ1) is 18.7. The Morgan fingerprint density at radius 1 is 1.08 bits per heavy atom. The van der Waals surface area contributed by atoms with Crippen molar-refractivity contribution in [3.8, 4) is 0 Å². The number of nitrogens with one attached hydrogen (secondary N) is 3. The molecule has 2 aromatic rings. The second-order valence-corrected chi connectivity index (χ2v) is 6.49. The van der Waals surface area contributed by atoms with E-state index >= 15 is 0 Å². The molecule has 6 heteroatoms. The molecule has 25 heavy (non-hydrogen) atoms. The van der Waals surface area contributed by atoms with Gasteiger partial charge in [0.2, 0.25) is 0 Å². The predicted molar refractivity (Wildman–Crippen MR) is 96.5 cm³/mol. The molecule has 0 aliphatic carbocycles. The fourth-order valence-electron chi connectivity index (χ4n) is 2.83. The number of carbonyl (C=O) groups is 2. The molecule has 1 unspecified atom stereocenters. The summed E-state index contributed by atoms with van der Waals surface area (Å²) in [6.45, 7) is 6.79. The van der Waals surface area contributed by atoms with Crippen molar-refractivity contribution >= 4 is 17.5 Å². The lowest BCUT2D eigenvalue weighted by Gasteiger charge is -2.16. The number of aryl methyl sites for hydroxylation is 3. The van der Waals surface area contributed by atoms with Gasteiger partial charge in [0.05, 0.1) is 19.9 Å². The zero-order valence-corrected chi connectivity index (χ0v) is 15.2. The molecule has 1 aromatic heterocycles. The van der Waals surface area contributed by atoms with Crippen LogP contribution >= 0.6 is 0 Å². The molecule has 0 aliphatic rings. The van der Waals surface area contributed by atoms with Gasteiger partial charge in [0.25, 0.3) is 11.8 Å². The molecule has 0 saturated heterocycles. The largest absolute Gasteiger partial charge is 0.467 e. The fraction of sp³-hybridized carbons (Fsp3) is 0.368. The van der Waals surface area contributed by atoms with Crippen LogP contribution in [0.25, 0.3) is 0 Å². The summed E-state index contributed by atoms with van der Waals surface area (Å²) >= 11 is 0. The van der Waals surface area contributed by atoms with Crippen molar-refractivity contribution in [3.63, 3.8) is 0 Å². The third-order valence-electron chi connectivity index (χ3n) is 3.91. The summed E-state index contributed by atoms with van der Waals surface area (Å²) in [5.41, 5.74) is 4.11. The molecule has 0 radical (unpaired) electrons. The number of furan rings is 1. The monoisotopic (exact) mass is 344 g/mol. The molecule has 0 fully saturated rings. The minimum absolute atomic E-state index is 0.105. The van der Waals surface area contributed by atoms with E-state index in [9.17, 15) is 9.59 Å². The van der Waals surface area contributed by atoms with Crippen molar-refractivity contribution < 1.29 is 18.9 Å². The van der Waals surface area contributed by atoms with Gasteiger partial charge in [-0.25, -0.2) is 0 Å². The molecule has 0 spiro atoms. The highest BCUT2D eigenvalue weighted by Crippen LogP contribution is 2.21. The maximum Gasteiger partial charge on any atom is 0.279 e. The van der Waals surface area contributed by atoms with E-state index in [1.54, 1.807) is 18.4 Å². The molecule has 1 atom stereocenters. The van der Waals surface area contributed by atoms with Gasteiger partial charge in [-0.1, -0.05) is 17.7 Å². The van der Waals surface area contributed by atoms with Gasteiger partial charge >= 0.3 is 0 Å². The Morgan fingerprint density at radius 3 is 2.32 bits per heavy atom. The van der Waals surface area contributed by atoms with Crippen LogP contribution in [0.3, 0.4) is 0 Å². The van der Waals surface area contributed by atoms with Gasteiger partial charge in [-0.2, -0.15) is 0 Å². The van der Waals surface area contributed by atoms with Gasteiger partial charge in [-0.15, -0.1) is 0 Å². The maximum atomic E-state index is 12.3.